The number of carbonyl (C=O) groups excluding carboxylic acids is 2. The number of halogens is 3. The molecule has 0 bridgehead atoms. The Bertz CT molecular complexity index is 568. The van der Waals surface area contributed by atoms with Crippen LogP contribution in [0.3, 0.4) is 0 Å². The van der Waals surface area contributed by atoms with Gasteiger partial charge in [-0.05, 0) is 31.5 Å². The van der Waals surface area contributed by atoms with Gasteiger partial charge in [-0.2, -0.15) is 13.2 Å². The lowest BCUT2D eigenvalue weighted by Crippen LogP contribution is -2.59. The minimum Gasteiger partial charge on any atom is -0.326 e. The number of nitrogens with one attached hydrogen (secondary N) is 2. The zero-order valence-corrected chi connectivity index (χ0v) is 11.8. The Labute approximate surface area is 119 Å². The molecule has 0 aliphatic carbocycles. The molecule has 0 heterocycles. The van der Waals surface area contributed by atoms with E-state index in [-0.39, 0.29) is 11.6 Å². The maximum Gasteiger partial charge on any atom is 0.415 e. The van der Waals surface area contributed by atoms with Gasteiger partial charge in [0, 0.05) is 18.3 Å². The van der Waals surface area contributed by atoms with Crippen LogP contribution in [0.15, 0.2) is 18.2 Å². The van der Waals surface area contributed by atoms with Gasteiger partial charge in [0.25, 0.3) is 5.91 Å². The Morgan fingerprint density at radius 3 is 2.24 bits per heavy atom. The van der Waals surface area contributed by atoms with Crippen molar-refractivity contribution in [3.63, 3.8) is 0 Å². The summed E-state index contributed by atoms with van der Waals surface area (Å²) >= 11 is 0. The van der Waals surface area contributed by atoms with Crippen molar-refractivity contribution in [1.82, 2.24) is 0 Å². The number of amides is 2. The topological polar surface area (TPSA) is 84.2 Å². The number of benzene rings is 1. The van der Waals surface area contributed by atoms with Crippen LogP contribution in [0.2, 0.25) is 0 Å². The van der Waals surface area contributed by atoms with Gasteiger partial charge in [0.2, 0.25) is 5.91 Å². The second-order valence-corrected chi connectivity index (χ2v) is 4.87. The van der Waals surface area contributed by atoms with E-state index in [0.717, 1.165) is 0 Å². The number of aryl methyl sites for hydroxylation is 1. The van der Waals surface area contributed by atoms with Gasteiger partial charge < -0.3 is 16.4 Å². The van der Waals surface area contributed by atoms with Crippen molar-refractivity contribution < 1.29 is 22.8 Å². The molecule has 0 aliphatic rings. The number of hydrogen-bond donors (Lipinski definition) is 3. The summed E-state index contributed by atoms with van der Waals surface area (Å²) in [6, 6.07) is 4.34. The van der Waals surface area contributed by atoms with Crippen LogP contribution in [0.25, 0.3) is 0 Å². The SMILES string of the molecule is CC(=O)Nc1cc(NC(=O)C(C)(N)C(F)(F)F)ccc1C. The molecule has 1 aromatic carbocycles. The molecule has 0 fully saturated rings. The van der Waals surface area contributed by atoms with Crippen LogP contribution in [-0.4, -0.2) is 23.5 Å². The third-order valence-electron chi connectivity index (χ3n) is 2.87. The molecule has 21 heavy (non-hydrogen) atoms. The van der Waals surface area contributed by atoms with Gasteiger partial charge in [0.05, 0.1) is 0 Å². The van der Waals surface area contributed by atoms with E-state index in [9.17, 15) is 22.8 Å². The van der Waals surface area contributed by atoms with E-state index < -0.39 is 17.6 Å². The van der Waals surface area contributed by atoms with E-state index in [1.54, 1.807) is 13.0 Å². The van der Waals surface area contributed by atoms with E-state index in [4.69, 9.17) is 5.73 Å². The van der Waals surface area contributed by atoms with Gasteiger partial charge in [-0.15, -0.1) is 0 Å². The fourth-order valence-corrected chi connectivity index (χ4v) is 1.41. The minimum absolute atomic E-state index is 0.107. The van der Waals surface area contributed by atoms with Crippen LogP contribution in [0.5, 0.6) is 0 Å². The van der Waals surface area contributed by atoms with Crippen LogP contribution in [0.4, 0.5) is 24.5 Å². The lowest BCUT2D eigenvalue weighted by atomic mass is 10.0. The van der Waals surface area contributed by atoms with Crippen molar-refractivity contribution in [2.75, 3.05) is 10.6 Å². The first-order valence-electron chi connectivity index (χ1n) is 6.00. The fraction of sp³-hybridized carbons (Fsp3) is 0.385. The highest BCUT2D eigenvalue weighted by molar-refractivity contribution is 5.99. The van der Waals surface area contributed by atoms with E-state index in [1.165, 1.54) is 19.1 Å². The molecule has 1 rings (SSSR count). The Morgan fingerprint density at radius 2 is 1.76 bits per heavy atom. The summed E-state index contributed by atoms with van der Waals surface area (Å²) in [5.41, 5.74) is 3.22. The molecule has 0 radical (unpaired) electrons. The monoisotopic (exact) mass is 303 g/mol. The van der Waals surface area contributed by atoms with Crippen molar-refractivity contribution >= 4 is 23.2 Å². The number of nitrogens with two attached hydrogens (primary N) is 1. The summed E-state index contributed by atoms with van der Waals surface area (Å²) in [6.07, 6.45) is -4.87. The molecule has 5 nitrogen and oxygen atoms in total. The maximum atomic E-state index is 12.7. The van der Waals surface area contributed by atoms with E-state index >= 15 is 0 Å². The summed E-state index contributed by atoms with van der Waals surface area (Å²) in [6.45, 7) is 3.59. The third kappa shape index (κ3) is 3.94. The van der Waals surface area contributed by atoms with Gasteiger partial charge in [-0.1, -0.05) is 6.07 Å². The lowest BCUT2D eigenvalue weighted by molar-refractivity contribution is -0.184. The van der Waals surface area contributed by atoms with E-state index in [0.29, 0.717) is 18.2 Å². The first kappa shape index (κ1) is 17.0. The first-order chi connectivity index (χ1) is 9.45. The van der Waals surface area contributed by atoms with E-state index in [1.807, 2.05) is 0 Å². The predicted molar refractivity (Wildman–Crippen MR) is 72.8 cm³/mol. The van der Waals surface area contributed by atoms with Crippen LogP contribution in [0.1, 0.15) is 19.4 Å². The fourth-order valence-electron chi connectivity index (χ4n) is 1.41. The minimum atomic E-state index is -4.87. The standard InChI is InChI=1S/C13H16F3N3O2/c1-7-4-5-9(6-10(7)18-8(2)20)19-11(21)12(3,17)13(14,15)16/h4-6H,17H2,1-3H3,(H,18,20)(H,19,21). The van der Waals surface area contributed by atoms with Crippen molar-refractivity contribution in [2.24, 2.45) is 5.73 Å². The van der Waals surface area contributed by atoms with Gasteiger partial charge in [0.15, 0.2) is 5.54 Å². The van der Waals surface area contributed by atoms with Crippen molar-refractivity contribution in [1.29, 1.82) is 0 Å². The summed E-state index contributed by atoms with van der Waals surface area (Å²) in [5.74, 6) is -1.71. The van der Waals surface area contributed by atoms with Gasteiger partial charge in [0.1, 0.15) is 0 Å². The molecule has 4 N–H and O–H groups in total. The molecular formula is C13H16F3N3O2. The lowest BCUT2D eigenvalue weighted by Gasteiger charge is -2.26. The van der Waals surface area contributed by atoms with Gasteiger partial charge in [-0.25, -0.2) is 0 Å². The molecule has 0 aromatic heterocycles. The Hall–Kier alpha value is -2.09. The van der Waals surface area contributed by atoms with Crippen LogP contribution < -0.4 is 16.4 Å². The average Bonchev–Trinajstić information content (AvgIpc) is 2.31. The highest BCUT2D eigenvalue weighted by Crippen LogP contribution is 2.29. The molecule has 1 atom stereocenters. The Kier molecular flexibility index (Phi) is 4.62. The average molecular weight is 303 g/mol. The molecule has 0 saturated carbocycles. The molecule has 1 aromatic rings. The Balaban J connectivity index is 2.99. The van der Waals surface area contributed by atoms with Crippen LogP contribution >= 0.6 is 0 Å². The van der Waals surface area contributed by atoms with E-state index in [2.05, 4.69) is 10.6 Å². The first-order valence-corrected chi connectivity index (χ1v) is 6.00. The number of alkyl halides is 3. The molecule has 8 heteroatoms. The Morgan fingerprint density at radius 1 is 1.19 bits per heavy atom. The maximum absolute atomic E-state index is 12.7. The third-order valence-corrected chi connectivity index (χ3v) is 2.87. The van der Waals surface area contributed by atoms with Crippen molar-refractivity contribution in [3.8, 4) is 0 Å². The summed E-state index contributed by atoms with van der Waals surface area (Å²) in [4.78, 5) is 22.7. The largest absolute Gasteiger partial charge is 0.415 e. The number of anilines is 2. The van der Waals surface area contributed by atoms with Gasteiger partial charge in [-0.3, -0.25) is 9.59 Å². The molecular weight excluding hydrogens is 287 g/mol. The van der Waals surface area contributed by atoms with Crippen molar-refractivity contribution in [3.05, 3.63) is 23.8 Å². The second-order valence-electron chi connectivity index (χ2n) is 4.87. The summed E-state index contributed by atoms with van der Waals surface area (Å²) in [7, 11) is 0. The molecule has 116 valence electrons. The normalized spacial score (nSPS) is 14.2. The molecule has 0 aliphatic heterocycles. The number of carbonyl (C=O) groups is 2. The molecule has 1 unspecified atom stereocenters. The smallest absolute Gasteiger partial charge is 0.326 e. The van der Waals surface area contributed by atoms with Crippen molar-refractivity contribution in [2.45, 2.75) is 32.5 Å². The number of rotatable bonds is 3. The zero-order valence-electron chi connectivity index (χ0n) is 11.8. The highest BCUT2D eigenvalue weighted by Gasteiger charge is 2.53. The second kappa shape index (κ2) is 5.72. The highest BCUT2D eigenvalue weighted by atomic mass is 19.4. The molecule has 0 spiro atoms. The van der Waals surface area contributed by atoms with Crippen LogP contribution in [-0.2, 0) is 9.59 Å². The number of hydrogen-bond acceptors (Lipinski definition) is 3. The summed E-state index contributed by atoms with van der Waals surface area (Å²) < 4.78 is 38.0. The predicted octanol–water partition coefficient (Wildman–Crippen LogP) is 2.17. The van der Waals surface area contributed by atoms with Gasteiger partial charge >= 0.3 is 6.18 Å². The molecule has 0 saturated heterocycles. The summed E-state index contributed by atoms with van der Waals surface area (Å²) in [5, 5.41) is 4.61. The quantitative estimate of drug-likeness (QED) is 0.800. The molecule has 2 amide bonds. The van der Waals surface area contributed by atoms with Crippen LogP contribution in [0, 0.1) is 6.92 Å². The zero-order chi connectivity index (χ0) is 16.4.